The van der Waals surface area contributed by atoms with Gasteiger partial charge in [0.05, 0.1) is 6.42 Å². The average molecular weight is 344 g/mol. The molecule has 0 bridgehead atoms. The van der Waals surface area contributed by atoms with Crippen molar-refractivity contribution in [2.24, 2.45) is 0 Å². The lowest BCUT2D eigenvalue weighted by atomic mass is 10.1. The SMILES string of the molecule is CCCCN(Cc1ccccc1F)C(=O)Cc1c(C)nc(N)nc1C. The molecule has 2 rings (SSSR count). The number of nitrogens with zero attached hydrogens (tertiary/aromatic N) is 3. The summed E-state index contributed by atoms with van der Waals surface area (Å²) in [7, 11) is 0. The summed E-state index contributed by atoms with van der Waals surface area (Å²) in [4.78, 5) is 22.8. The molecule has 0 aliphatic carbocycles. The van der Waals surface area contributed by atoms with Crippen LogP contribution in [-0.4, -0.2) is 27.3 Å². The molecule has 0 atom stereocenters. The quantitative estimate of drug-likeness (QED) is 0.837. The number of halogens is 1. The van der Waals surface area contributed by atoms with Crippen molar-refractivity contribution in [2.45, 2.75) is 46.6 Å². The third-order valence-corrected chi connectivity index (χ3v) is 4.22. The molecule has 25 heavy (non-hydrogen) atoms. The lowest BCUT2D eigenvalue weighted by molar-refractivity contribution is -0.131. The second-order valence-corrected chi connectivity index (χ2v) is 6.17. The largest absolute Gasteiger partial charge is 0.368 e. The number of carbonyl (C=O) groups excluding carboxylic acids is 1. The number of anilines is 1. The van der Waals surface area contributed by atoms with Gasteiger partial charge >= 0.3 is 0 Å². The van der Waals surface area contributed by atoms with Crippen molar-refractivity contribution in [3.05, 3.63) is 52.6 Å². The van der Waals surface area contributed by atoms with Gasteiger partial charge in [0.25, 0.3) is 0 Å². The molecule has 134 valence electrons. The highest BCUT2D eigenvalue weighted by atomic mass is 19.1. The van der Waals surface area contributed by atoms with Crippen molar-refractivity contribution in [1.29, 1.82) is 0 Å². The lowest BCUT2D eigenvalue weighted by Crippen LogP contribution is -2.33. The third kappa shape index (κ3) is 4.98. The maximum Gasteiger partial charge on any atom is 0.227 e. The van der Waals surface area contributed by atoms with Gasteiger partial charge in [-0.25, -0.2) is 14.4 Å². The topological polar surface area (TPSA) is 72.1 Å². The second-order valence-electron chi connectivity index (χ2n) is 6.17. The van der Waals surface area contributed by atoms with Gasteiger partial charge in [-0.3, -0.25) is 4.79 Å². The van der Waals surface area contributed by atoms with E-state index < -0.39 is 0 Å². The van der Waals surface area contributed by atoms with Gasteiger partial charge in [0.15, 0.2) is 0 Å². The summed E-state index contributed by atoms with van der Waals surface area (Å²) in [5, 5.41) is 0. The fourth-order valence-corrected chi connectivity index (χ4v) is 2.76. The predicted octanol–water partition coefficient (Wildman–Crippen LogP) is 3.19. The Balaban J connectivity index is 2.20. The molecule has 1 aromatic heterocycles. The highest BCUT2D eigenvalue weighted by Gasteiger charge is 2.19. The van der Waals surface area contributed by atoms with Crippen molar-refractivity contribution >= 4 is 11.9 Å². The summed E-state index contributed by atoms with van der Waals surface area (Å²) in [6.07, 6.45) is 2.02. The fourth-order valence-electron chi connectivity index (χ4n) is 2.76. The summed E-state index contributed by atoms with van der Waals surface area (Å²) in [6, 6.07) is 6.56. The number of aryl methyl sites for hydroxylation is 2. The molecule has 0 saturated carbocycles. The minimum atomic E-state index is -0.292. The van der Waals surface area contributed by atoms with Crippen LogP contribution >= 0.6 is 0 Å². The standard InChI is InChI=1S/C19H25FN4O/c1-4-5-10-24(12-15-8-6-7-9-17(15)20)18(25)11-16-13(2)22-19(21)23-14(16)3/h6-9H,4-5,10-12H2,1-3H3,(H2,21,22,23). The summed E-state index contributed by atoms with van der Waals surface area (Å²) in [5.74, 6) is -0.142. The molecule has 5 nitrogen and oxygen atoms in total. The molecular formula is C19H25FN4O. The number of nitrogens with two attached hydrogens (primary N) is 1. The Morgan fingerprint density at radius 1 is 1.20 bits per heavy atom. The highest BCUT2D eigenvalue weighted by molar-refractivity contribution is 5.79. The number of benzene rings is 1. The van der Waals surface area contributed by atoms with E-state index in [2.05, 4.69) is 16.9 Å². The van der Waals surface area contributed by atoms with Gasteiger partial charge in [-0.05, 0) is 26.3 Å². The van der Waals surface area contributed by atoms with E-state index in [1.807, 2.05) is 13.8 Å². The molecule has 2 aromatic rings. The number of unbranched alkanes of at least 4 members (excludes halogenated alkanes) is 1. The van der Waals surface area contributed by atoms with Crippen LogP contribution in [0.3, 0.4) is 0 Å². The Kier molecular flexibility index (Phi) is 6.44. The van der Waals surface area contributed by atoms with E-state index >= 15 is 0 Å². The number of hydrogen-bond donors (Lipinski definition) is 1. The molecule has 0 saturated heterocycles. The van der Waals surface area contributed by atoms with Crippen LogP contribution in [0.1, 0.15) is 42.3 Å². The zero-order valence-electron chi connectivity index (χ0n) is 15.1. The van der Waals surface area contributed by atoms with E-state index in [0.29, 0.717) is 23.5 Å². The Hall–Kier alpha value is -2.50. The molecule has 1 amide bonds. The van der Waals surface area contributed by atoms with Crippen LogP contribution in [0.15, 0.2) is 24.3 Å². The monoisotopic (exact) mass is 344 g/mol. The number of amides is 1. The van der Waals surface area contributed by atoms with E-state index in [1.165, 1.54) is 6.07 Å². The van der Waals surface area contributed by atoms with Crippen LogP contribution in [0.4, 0.5) is 10.3 Å². The first-order chi connectivity index (χ1) is 11.9. The Morgan fingerprint density at radius 2 is 1.84 bits per heavy atom. The first-order valence-electron chi connectivity index (χ1n) is 8.53. The van der Waals surface area contributed by atoms with Crippen LogP contribution in [0.2, 0.25) is 0 Å². The van der Waals surface area contributed by atoms with E-state index in [1.54, 1.807) is 23.1 Å². The van der Waals surface area contributed by atoms with E-state index in [4.69, 9.17) is 5.73 Å². The smallest absolute Gasteiger partial charge is 0.227 e. The van der Waals surface area contributed by atoms with Crippen molar-refractivity contribution in [3.63, 3.8) is 0 Å². The molecule has 1 heterocycles. The Morgan fingerprint density at radius 3 is 2.44 bits per heavy atom. The van der Waals surface area contributed by atoms with Crippen LogP contribution in [0, 0.1) is 19.7 Å². The van der Waals surface area contributed by atoms with E-state index in [9.17, 15) is 9.18 Å². The first kappa shape index (κ1) is 18.8. The number of nitrogen functional groups attached to an aromatic ring is 1. The van der Waals surface area contributed by atoms with Gasteiger partial charge in [-0.2, -0.15) is 0 Å². The number of aromatic nitrogens is 2. The summed E-state index contributed by atoms with van der Waals surface area (Å²) >= 11 is 0. The minimum absolute atomic E-state index is 0.0590. The van der Waals surface area contributed by atoms with Gasteiger partial charge in [0, 0.05) is 35.6 Å². The molecule has 0 spiro atoms. The molecule has 0 radical (unpaired) electrons. The highest BCUT2D eigenvalue weighted by Crippen LogP contribution is 2.16. The number of rotatable bonds is 7. The normalized spacial score (nSPS) is 10.7. The maximum absolute atomic E-state index is 14.0. The van der Waals surface area contributed by atoms with Crippen molar-refractivity contribution in [2.75, 3.05) is 12.3 Å². The lowest BCUT2D eigenvalue weighted by Gasteiger charge is -2.23. The molecule has 1 aromatic carbocycles. The van der Waals surface area contributed by atoms with E-state index in [0.717, 1.165) is 18.4 Å². The molecule has 0 aliphatic rings. The molecule has 0 aliphatic heterocycles. The fraction of sp³-hybridized carbons (Fsp3) is 0.421. The first-order valence-corrected chi connectivity index (χ1v) is 8.53. The van der Waals surface area contributed by atoms with Gasteiger partial charge in [0.1, 0.15) is 5.82 Å². The molecule has 2 N–H and O–H groups in total. The molecular weight excluding hydrogens is 319 g/mol. The van der Waals surface area contributed by atoms with Gasteiger partial charge < -0.3 is 10.6 Å². The Labute approximate surface area is 148 Å². The number of hydrogen-bond acceptors (Lipinski definition) is 4. The number of carbonyl (C=O) groups is 1. The average Bonchev–Trinajstić information content (AvgIpc) is 2.56. The van der Waals surface area contributed by atoms with Crippen LogP contribution in [-0.2, 0) is 17.8 Å². The van der Waals surface area contributed by atoms with Crippen molar-refractivity contribution < 1.29 is 9.18 Å². The minimum Gasteiger partial charge on any atom is -0.368 e. The maximum atomic E-state index is 14.0. The van der Waals surface area contributed by atoms with Crippen LogP contribution < -0.4 is 5.73 Å². The molecule has 6 heteroatoms. The van der Waals surface area contributed by atoms with E-state index in [-0.39, 0.29) is 30.6 Å². The zero-order valence-corrected chi connectivity index (χ0v) is 15.1. The third-order valence-electron chi connectivity index (χ3n) is 4.22. The van der Waals surface area contributed by atoms with Gasteiger partial charge in [-0.1, -0.05) is 31.5 Å². The summed E-state index contributed by atoms with van der Waals surface area (Å²) in [6.45, 7) is 6.56. The zero-order chi connectivity index (χ0) is 18.4. The predicted molar refractivity (Wildman–Crippen MR) is 96.3 cm³/mol. The summed E-state index contributed by atoms with van der Waals surface area (Å²) in [5.41, 5.74) is 8.37. The molecule has 0 unspecified atom stereocenters. The Bertz CT molecular complexity index is 725. The van der Waals surface area contributed by atoms with Gasteiger partial charge in [-0.15, -0.1) is 0 Å². The van der Waals surface area contributed by atoms with Crippen LogP contribution in [0.25, 0.3) is 0 Å². The second kappa shape index (κ2) is 8.55. The van der Waals surface area contributed by atoms with Crippen molar-refractivity contribution in [1.82, 2.24) is 14.9 Å². The van der Waals surface area contributed by atoms with Crippen LogP contribution in [0.5, 0.6) is 0 Å². The van der Waals surface area contributed by atoms with Gasteiger partial charge in [0.2, 0.25) is 11.9 Å². The van der Waals surface area contributed by atoms with Crippen molar-refractivity contribution in [3.8, 4) is 0 Å². The molecule has 0 fully saturated rings. The summed E-state index contributed by atoms with van der Waals surface area (Å²) < 4.78 is 14.0.